The predicted octanol–water partition coefficient (Wildman–Crippen LogP) is 1.62. The topological polar surface area (TPSA) is 83.0 Å². The molecule has 1 heterocycles. The molecule has 2 fully saturated rings. The van der Waals surface area contributed by atoms with Gasteiger partial charge < -0.3 is 10.5 Å². The molecule has 6 nitrogen and oxygen atoms in total. The molecule has 3 rings (SSSR count). The third-order valence-corrected chi connectivity index (χ3v) is 5.83. The summed E-state index contributed by atoms with van der Waals surface area (Å²) in [6, 6.07) is 0. The Morgan fingerprint density at radius 2 is 2.30 bits per heavy atom. The standard InChI is InChI=1S/C14H22N4O2/c1-13(2)9-4-5-14(13,3)10(6-9)20-11(19)7-18-8-16-12(15)17-18/h8-10H,4-7H2,1-3H3,(H2,15,17). The molecule has 2 bridgehead atoms. The molecule has 0 spiro atoms. The summed E-state index contributed by atoms with van der Waals surface area (Å²) in [5.74, 6) is 0.572. The maximum absolute atomic E-state index is 12.1. The zero-order valence-electron chi connectivity index (χ0n) is 12.3. The normalized spacial score (nSPS) is 34.4. The minimum atomic E-state index is -0.260. The Bertz CT molecular complexity index is 539. The summed E-state index contributed by atoms with van der Waals surface area (Å²) in [5.41, 5.74) is 5.77. The van der Waals surface area contributed by atoms with Gasteiger partial charge >= 0.3 is 5.97 Å². The lowest BCUT2D eigenvalue weighted by Crippen LogP contribution is -2.38. The number of aromatic nitrogens is 3. The SMILES string of the molecule is CC1(C)C2CCC1(C)C(OC(=O)Cn1cnc(N)n1)C2. The van der Waals surface area contributed by atoms with Gasteiger partial charge in [-0.25, -0.2) is 9.67 Å². The fraction of sp³-hybridized carbons (Fsp3) is 0.786. The van der Waals surface area contributed by atoms with Gasteiger partial charge in [0, 0.05) is 5.41 Å². The molecule has 110 valence electrons. The van der Waals surface area contributed by atoms with Gasteiger partial charge in [-0.05, 0) is 30.6 Å². The van der Waals surface area contributed by atoms with E-state index in [9.17, 15) is 4.79 Å². The number of hydrogen-bond donors (Lipinski definition) is 1. The van der Waals surface area contributed by atoms with Gasteiger partial charge in [0.15, 0.2) is 0 Å². The monoisotopic (exact) mass is 278 g/mol. The number of hydrogen-bond acceptors (Lipinski definition) is 5. The van der Waals surface area contributed by atoms with Crippen LogP contribution >= 0.6 is 0 Å². The van der Waals surface area contributed by atoms with E-state index in [-0.39, 0.29) is 35.4 Å². The first-order valence-electron chi connectivity index (χ1n) is 7.17. The van der Waals surface area contributed by atoms with Crippen LogP contribution in [0.15, 0.2) is 6.33 Å². The van der Waals surface area contributed by atoms with Crippen molar-refractivity contribution in [2.45, 2.75) is 52.7 Å². The number of nitrogen functional groups attached to an aromatic ring is 1. The van der Waals surface area contributed by atoms with Gasteiger partial charge in [0.2, 0.25) is 5.95 Å². The zero-order valence-corrected chi connectivity index (χ0v) is 12.3. The molecule has 0 aliphatic heterocycles. The van der Waals surface area contributed by atoms with Crippen LogP contribution in [0.2, 0.25) is 0 Å². The molecule has 3 unspecified atom stereocenters. The number of ether oxygens (including phenoxy) is 1. The fourth-order valence-electron chi connectivity index (χ4n) is 4.02. The van der Waals surface area contributed by atoms with E-state index in [0.717, 1.165) is 12.8 Å². The smallest absolute Gasteiger partial charge is 0.328 e. The number of nitrogens with two attached hydrogens (primary N) is 1. The lowest BCUT2D eigenvalue weighted by molar-refractivity contribution is -0.157. The molecule has 6 heteroatoms. The van der Waals surface area contributed by atoms with Crippen LogP contribution < -0.4 is 5.73 Å². The van der Waals surface area contributed by atoms with Crippen molar-refractivity contribution in [1.82, 2.24) is 14.8 Å². The maximum atomic E-state index is 12.1. The van der Waals surface area contributed by atoms with Gasteiger partial charge in [-0.1, -0.05) is 20.8 Å². The average Bonchev–Trinajstić information content (AvgIpc) is 2.90. The first-order valence-corrected chi connectivity index (χ1v) is 7.17. The van der Waals surface area contributed by atoms with Gasteiger partial charge in [-0.15, -0.1) is 5.10 Å². The lowest BCUT2D eigenvalue weighted by Gasteiger charge is -2.38. The molecule has 2 N–H and O–H groups in total. The molecule has 0 radical (unpaired) electrons. The number of rotatable bonds is 3. The number of nitrogens with zero attached hydrogens (tertiary/aromatic N) is 3. The number of carbonyl (C=O) groups excluding carboxylic acids is 1. The molecule has 2 aliphatic rings. The van der Waals surface area contributed by atoms with Gasteiger partial charge in [-0.3, -0.25) is 4.79 Å². The first-order chi connectivity index (χ1) is 9.33. The summed E-state index contributed by atoms with van der Waals surface area (Å²) in [6.07, 6.45) is 4.83. The summed E-state index contributed by atoms with van der Waals surface area (Å²) in [5, 5.41) is 3.90. The Kier molecular flexibility index (Phi) is 2.81. The summed E-state index contributed by atoms with van der Waals surface area (Å²) in [7, 11) is 0. The highest BCUT2D eigenvalue weighted by atomic mass is 16.5. The molecule has 3 atom stereocenters. The minimum Gasteiger partial charge on any atom is -0.460 e. The Labute approximate surface area is 118 Å². The van der Waals surface area contributed by atoms with E-state index >= 15 is 0 Å². The molecule has 0 saturated heterocycles. The molecule has 1 aromatic rings. The van der Waals surface area contributed by atoms with Gasteiger partial charge in [0.25, 0.3) is 0 Å². The van der Waals surface area contributed by atoms with Crippen LogP contribution in [0, 0.1) is 16.7 Å². The number of esters is 1. The van der Waals surface area contributed by atoms with Crippen LogP contribution in [0.25, 0.3) is 0 Å². The van der Waals surface area contributed by atoms with E-state index in [0.29, 0.717) is 5.92 Å². The molecular formula is C14H22N4O2. The molecule has 2 aliphatic carbocycles. The lowest BCUT2D eigenvalue weighted by atomic mass is 9.70. The van der Waals surface area contributed by atoms with E-state index in [2.05, 4.69) is 30.9 Å². The van der Waals surface area contributed by atoms with E-state index < -0.39 is 0 Å². The zero-order chi connectivity index (χ0) is 14.5. The van der Waals surface area contributed by atoms with Crippen molar-refractivity contribution in [3.05, 3.63) is 6.33 Å². The molecular weight excluding hydrogens is 256 g/mol. The molecule has 0 aromatic carbocycles. The van der Waals surface area contributed by atoms with Gasteiger partial charge in [0.05, 0.1) is 0 Å². The quantitative estimate of drug-likeness (QED) is 0.849. The number of carbonyl (C=O) groups is 1. The highest BCUT2D eigenvalue weighted by molar-refractivity contribution is 5.69. The maximum Gasteiger partial charge on any atom is 0.328 e. The van der Waals surface area contributed by atoms with Crippen LogP contribution in [-0.4, -0.2) is 26.8 Å². The minimum absolute atomic E-state index is 0.0182. The van der Waals surface area contributed by atoms with Crippen LogP contribution in [0.4, 0.5) is 5.95 Å². The van der Waals surface area contributed by atoms with E-state index in [1.807, 2.05) is 0 Å². The van der Waals surface area contributed by atoms with Crippen molar-refractivity contribution in [2.24, 2.45) is 16.7 Å². The van der Waals surface area contributed by atoms with Crippen molar-refractivity contribution in [2.75, 3.05) is 5.73 Å². The second-order valence-corrected chi connectivity index (χ2v) is 6.89. The Balaban J connectivity index is 1.66. The summed E-state index contributed by atoms with van der Waals surface area (Å²) in [4.78, 5) is 15.9. The highest BCUT2D eigenvalue weighted by Crippen LogP contribution is 2.66. The van der Waals surface area contributed by atoms with Crippen molar-refractivity contribution in [3.63, 3.8) is 0 Å². The van der Waals surface area contributed by atoms with E-state index in [1.54, 1.807) is 0 Å². The summed E-state index contributed by atoms with van der Waals surface area (Å²) in [6.45, 7) is 6.93. The Morgan fingerprint density at radius 1 is 1.55 bits per heavy atom. The number of fused-ring (bicyclic) bond motifs is 2. The largest absolute Gasteiger partial charge is 0.460 e. The van der Waals surface area contributed by atoms with Crippen molar-refractivity contribution < 1.29 is 9.53 Å². The van der Waals surface area contributed by atoms with Crippen molar-refractivity contribution in [1.29, 1.82) is 0 Å². The Hall–Kier alpha value is -1.59. The van der Waals surface area contributed by atoms with Gasteiger partial charge in [-0.2, -0.15) is 0 Å². The highest BCUT2D eigenvalue weighted by Gasteiger charge is 2.62. The average molecular weight is 278 g/mol. The fourth-order valence-corrected chi connectivity index (χ4v) is 4.02. The first kappa shape index (κ1) is 13.4. The molecule has 1 aromatic heterocycles. The third kappa shape index (κ3) is 1.81. The van der Waals surface area contributed by atoms with Crippen LogP contribution in [0.5, 0.6) is 0 Å². The van der Waals surface area contributed by atoms with Gasteiger partial charge in [0.1, 0.15) is 19.0 Å². The molecule has 20 heavy (non-hydrogen) atoms. The second kappa shape index (κ2) is 4.20. The van der Waals surface area contributed by atoms with Crippen LogP contribution in [-0.2, 0) is 16.1 Å². The third-order valence-electron chi connectivity index (χ3n) is 5.83. The summed E-state index contributed by atoms with van der Waals surface area (Å²) >= 11 is 0. The Morgan fingerprint density at radius 3 is 2.80 bits per heavy atom. The van der Waals surface area contributed by atoms with Crippen LogP contribution in [0.3, 0.4) is 0 Å². The molecule has 0 amide bonds. The van der Waals surface area contributed by atoms with Crippen molar-refractivity contribution >= 4 is 11.9 Å². The summed E-state index contributed by atoms with van der Waals surface area (Å²) < 4.78 is 7.14. The number of anilines is 1. The van der Waals surface area contributed by atoms with Crippen LogP contribution in [0.1, 0.15) is 40.0 Å². The predicted molar refractivity (Wildman–Crippen MR) is 73.5 cm³/mol. The van der Waals surface area contributed by atoms with E-state index in [1.165, 1.54) is 17.4 Å². The second-order valence-electron chi connectivity index (χ2n) is 6.89. The van der Waals surface area contributed by atoms with E-state index in [4.69, 9.17) is 10.5 Å². The molecule has 2 saturated carbocycles. The van der Waals surface area contributed by atoms with Crippen molar-refractivity contribution in [3.8, 4) is 0 Å².